The Hall–Kier alpha value is -2.71. The second-order valence-corrected chi connectivity index (χ2v) is 5.77. The highest BCUT2D eigenvalue weighted by molar-refractivity contribution is 5.68. The van der Waals surface area contributed by atoms with Gasteiger partial charge in [-0.15, -0.1) is 5.10 Å². The van der Waals surface area contributed by atoms with Gasteiger partial charge in [0.2, 0.25) is 5.65 Å². The van der Waals surface area contributed by atoms with Crippen LogP contribution >= 0.6 is 0 Å². The standard InChI is InChI=1S/C17H19N5O3/c1-6-16-17(18-7-1)22(20-19-16)25-13-15-12-21(9-11-24-15)8-2-4-14-5-3-10-23-14/h1-7,10,15H,8-9,11-13H2/b4-2+. The molecular weight excluding hydrogens is 322 g/mol. The summed E-state index contributed by atoms with van der Waals surface area (Å²) in [5.41, 5.74) is 1.31. The molecule has 4 rings (SSSR count). The Balaban J connectivity index is 1.29. The van der Waals surface area contributed by atoms with E-state index in [9.17, 15) is 0 Å². The molecule has 1 unspecified atom stereocenters. The highest BCUT2D eigenvalue weighted by Gasteiger charge is 2.21. The molecule has 1 aliphatic heterocycles. The zero-order valence-electron chi connectivity index (χ0n) is 13.7. The number of morpholine rings is 1. The van der Waals surface area contributed by atoms with Crippen LogP contribution in [0.2, 0.25) is 0 Å². The van der Waals surface area contributed by atoms with E-state index in [0.717, 1.165) is 25.4 Å². The van der Waals surface area contributed by atoms with Crippen LogP contribution in [0.15, 0.2) is 47.2 Å². The van der Waals surface area contributed by atoms with Crippen molar-refractivity contribution >= 4 is 17.2 Å². The van der Waals surface area contributed by atoms with Crippen LogP contribution < -0.4 is 4.84 Å². The van der Waals surface area contributed by atoms with Crippen molar-refractivity contribution in [2.75, 3.05) is 32.8 Å². The van der Waals surface area contributed by atoms with E-state index in [1.807, 2.05) is 30.3 Å². The molecule has 1 saturated heterocycles. The van der Waals surface area contributed by atoms with E-state index in [-0.39, 0.29) is 6.10 Å². The molecule has 1 fully saturated rings. The maximum atomic E-state index is 5.78. The number of furan rings is 1. The first-order chi connectivity index (χ1) is 12.4. The highest BCUT2D eigenvalue weighted by atomic mass is 16.7. The van der Waals surface area contributed by atoms with Gasteiger partial charge >= 0.3 is 0 Å². The highest BCUT2D eigenvalue weighted by Crippen LogP contribution is 2.08. The van der Waals surface area contributed by atoms with Crippen molar-refractivity contribution in [3.05, 3.63) is 48.6 Å². The SMILES string of the molecule is C(=C\c1ccco1)/CN1CCOC(COn2nnc3cccnc32)C1. The fraction of sp³-hybridized carbons (Fsp3) is 0.353. The summed E-state index contributed by atoms with van der Waals surface area (Å²) in [7, 11) is 0. The quantitative estimate of drug-likeness (QED) is 0.668. The van der Waals surface area contributed by atoms with Gasteiger partial charge in [-0.2, -0.15) is 0 Å². The lowest BCUT2D eigenvalue weighted by Crippen LogP contribution is -2.45. The van der Waals surface area contributed by atoms with Gasteiger partial charge in [-0.25, -0.2) is 4.98 Å². The Morgan fingerprint density at radius 1 is 1.32 bits per heavy atom. The molecule has 25 heavy (non-hydrogen) atoms. The summed E-state index contributed by atoms with van der Waals surface area (Å²) in [6.45, 7) is 3.61. The average Bonchev–Trinajstić information content (AvgIpc) is 3.30. The number of hydrogen-bond acceptors (Lipinski definition) is 7. The predicted octanol–water partition coefficient (Wildman–Crippen LogP) is 1.26. The third kappa shape index (κ3) is 3.86. The lowest BCUT2D eigenvalue weighted by atomic mass is 10.2. The Labute approximate surface area is 144 Å². The zero-order valence-corrected chi connectivity index (χ0v) is 13.7. The predicted molar refractivity (Wildman–Crippen MR) is 90.7 cm³/mol. The molecule has 0 aliphatic carbocycles. The Kier molecular flexibility index (Phi) is 4.71. The van der Waals surface area contributed by atoms with Crippen LogP contribution in [0.4, 0.5) is 0 Å². The van der Waals surface area contributed by atoms with Crippen LogP contribution in [-0.2, 0) is 4.74 Å². The third-order valence-corrected chi connectivity index (χ3v) is 3.98. The van der Waals surface area contributed by atoms with Crippen LogP contribution in [0.25, 0.3) is 17.2 Å². The van der Waals surface area contributed by atoms with E-state index >= 15 is 0 Å². The summed E-state index contributed by atoms with van der Waals surface area (Å²) in [6.07, 6.45) is 7.42. The van der Waals surface area contributed by atoms with Crippen molar-refractivity contribution in [1.29, 1.82) is 0 Å². The molecule has 0 aromatic carbocycles. The average molecular weight is 341 g/mol. The van der Waals surface area contributed by atoms with E-state index in [2.05, 4.69) is 26.3 Å². The molecule has 3 aromatic heterocycles. The van der Waals surface area contributed by atoms with E-state index in [1.165, 1.54) is 4.85 Å². The lowest BCUT2D eigenvalue weighted by Gasteiger charge is -2.31. The van der Waals surface area contributed by atoms with Gasteiger partial charge in [-0.3, -0.25) is 4.90 Å². The minimum Gasteiger partial charge on any atom is -0.465 e. The number of rotatable bonds is 6. The summed E-state index contributed by atoms with van der Waals surface area (Å²) in [4.78, 5) is 13.6. The van der Waals surface area contributed by atoms with Gasteiger partial charge in [0.15, 0.2) is 0 Å². The molecule has 0 spiro atoms. The normalized spacial score (nSPS) is 19.0. The van der Waals surface area contributed by atoms with Crippen molar-refractivity contribution < 1.29 is 14.0 Å². The van der Waals surface area contributed by atoms with Crippen LogP contribution in [0.3, 0.4) is 0 Å². The van der Waals surface area contributed by atoms with Crippen molar-refractivity contribution in [1.82, 2.24) is 25.0 Å². The fourth-order valence-corrected chi connectivity index (χ4v) is 2.74. The number of hydrogen-bond donors (Lipinski definition) is 0. The van der Waals surface area contributed by atoms with Gasteiger partial charge in [0.05, 0.1) is 12.9 Å². The lowest BCUT2D eigenvalue weighted by molar-refractivity contribution is -0.0728. The zero-order chi connectivity index (χ0) is 16.9. The summed E-state index contributed by atoms with van der Waals surface area (Å²) in [5.74, 6) is 0.860. The second kappa shape index (κ2) is 7.45. The molecule has 1 atom stereocenters. The van der Waals surface area contributed by atoms with E-state index in [0.29, 0.717) is 24.4 Å². The van der Waals surface area contributed by atoms with E-state index in [1.54, 1.807) is 12.5 Å². The first-order valence-electron chi connectivity index (χ1n) is 8.22. The van der Waals surface area contributed by atoms with Gasteiger partial charge in [-0.05, 0) is 35.6 Å². The Bertz CT molecular complexity index is 830. The number of fused-ring (bicyclic) bond motifs is 1. The molecule has 3 aromatic rings. The van der Waals surface area contributed by atoms with Gasteiger partial charge < -0.3 is 14.0 Å². The van der Waals surface area contributed by atoms with Crippen molar-refractivity contribution in [3.63, 3.8) is 0 Å². The molecular formula is C17H19N5O3. The van der Waals surface area contributed by atoms with Gasteiger partial charge in [0, 0.05) is 25.8 Å². The number of aromatic nitrogens is 4. The summed E-state index contributed by atoms with van der Waals surface area (Å²) < 4.78 is 11.1. The smallest absolute Gasteiger partial charge is 0.219 e. The maximum Gasteiger partial charge on any atom is 0.219 e. The molecule has 4 heterocycles. The molecule has 0 saturated carbocycles. The number of ether oxygens (including phenoxy) is 1. The summed E-state index contributed by atoms with van der Waals surface area (Å²) >= 11 is 0. The van der Waals surface area contributed by atoms with Crippen LogP contribution in [0, 0.1) is 0 Å². The fourth-order valence-electron chi connectivity index (χ4n) is 2.74. The molecule has 0 radical (unpaired) electrons. The van der Waals surface area contributed by atoms with Crippen LogP contribution in [-0.4, -0.2) is 64.0 Å². The topological polar surface area (TPSA) is 78.4 Å². The van der Waals surface area contributed by atoms with Gasteiger partial charge in [-0.1, -0.05) is 10.9 Å². The van der Waals surface area contributed by atoms with E-state index < -0.39 is 0 Å². The summed E-state index contributed by atoms with van der Waals surface area (Å²) in [5, 5.41) is 7.99. The molecule has 8 nitrogen and oxygen atoms in total. The minimum absolute atomic E-state index is 0.0197. The summed E-state index contributed by atoms with van der Waals surface area (Å²) in [6, 6.07) is 7.48. The number of nitrogens with zero attached hydrogens (tertiary/aromatic N) is 5. The van der Waals surface area contributed by atoms with Crippen molar-refractivity contribution in [2.24, 2.45) is 0 Å². The molecule has 1 aliphatic rings. The maximum absolute atomic E-state index is 5.78. The van der Waals surface area contributed by atoms with Gasteiger partial charge in [0.1, 0.15) is 24.0 Å². The molecule has 0 amide bonds. The van der Waals surface area contributed by atoms with Crippen molar-refractivity contribution in [3.8, 4) is 0 Å². The minimum atomic E-state index is -0.0197. The first kappa shape index (κ1) is 15.8. The van der Waals surface area contributed by atoms with Crippen LogP contribution in [0.1, 0.15) is 5.76 Å². The van der Waals surface area contributed by atoms with E-state index in [4.69, 9.17) is 14.0 Å². The number of pyridine rings is 1. The van der Waals surface area contributed by atoms with Gasteiger partial charge in [0.25, 0.3) is 0 Å². The Morgan fingerprint density at radius 3 is 3.24 bits per heavy atom. The van der Waals surface area contributed by atoms with Crippen LogP contribution in [0.5, 0.6) is 0 Å². The molecule has 130 valence electrons. The molecule has 0 bridgehead atoms. The monoisotopic (exact) mass is 341 g/mol. The molecule has 0 N–H and O–H groups in total. The van der Waals surface area contributed by atoms with Crippen molar-refractivity contribution in [2.45, 2.75) is 6.10 Å². The largest absolute Gasteiger partial charge is 0.465 e. The third-order valence-electron chi connectivity index (χ3n) is 3.98. The second-order valence-electron chi connectivity index (χ2n) is 5.77. The Morgan fingerprint density at radius 2 is 2.32 bits per heavy atom. The first-order valence-corrected chi connectivity index (χ1v) is 8.22. The molecule has 8 heteroatoms.